The van der Waals surface area contributed by atoms with Gasteiger partial charge in [0.2, 0.25) is 0 Å². The number of aliphatic hydroxyl groups is 3. The summed E-state index contributed by atoms with van der Waals surface area (Å²) in [5, 5.41) is 28.6. The highest BCUT2D eigenvalue weighted by Gasteiger charge is 2.22. The van der Waals surface area contributed by atoms with E-state index in [0.29, 0.717) is 6.42 Å². The maximum Gasteiger partial charge on any atom is 0.313 e. The van der Waals surface area contributed by atoms with Crippen LogP contribution in [-0.2, 0) is 14.3 Å². The molecule has 0 aromatic heterocycles. The molecule has 0 spiro atoms. The molecule has 0 aliphatic heterocycles. The molecule has 4 atom stereocenters. The molecule has 0 aliphatic rings. The van der Waals surface area contributed by atoms with Gasteiger partial charge in [0.15, 0.2) is 0 Å². The second kappa shape index (κ2) is 9.85. The predicted octanol–water partition coefficient (Wildman–Crippen LogP) is 0.560. The summed E-state index contributed by atoms with van der Waals surface area (Å²) in [5.74, 6) is -0.954. The minimum Gasteiger partial charge on any atom is -0.462 e. The second-order valence-corrected chi connectivity index (χ2v) is 5.26. The van der Waals surface area contributed by atoms with Gasteiger partial charge in [0.25, 0.3) is 0 Å². The Bertz CT molecular complexity index is 302. The van der Waals surface area contributed by atoms with Gasteiger partial charge in [0, 0.05) is 12.8 Å². The van der Waals surface area contributed by atoms with Crippen molar-refractivity contribution in [2.24, 2.45) is 0 Å². The van der Waals surface area contributed by atoms with Crippen molar-refractivity contribution in [1.82, 2.24) is 0 Å². The Morgan fingerprint density at radius 1 is 1.05 bits per heavy atom. The molecule has 0 aromatic rings. The number of esters is 1. The SMILES string of the molecule is CCC(O)CC(CC(O)CC(C)O)OC(=O)CC(C)=O. The average molecular weight is 290 g/mol. The number of hydrogen-bond acceptors (Lipinski definition) is 6. The number of ether oxygens (including phenoxy) is 1. The fraction of sp³-hybridized carbons (Fsp3) is 0.857. The van der Waals surface area contributed by atoms with Crippen LogP contribution in [0.25, 0.3) is 0 Å². The molecule has 118 valence electrons. The van der Waals surface area contributed by atoms with Gasteiger partial charge in [-0.3, -0.25) is 9.59 Å². The molecule has 0 aromatic carbocycles. The molecule has 3 N–H and O–H groups in total. The van der Waals surface area contributed by atoms with Crippen LogP contribution in [0.1, 0.15) is 52.9 Å². The summed E-state index contributed by atoms with van der Waals surface area (Å²) in [5.41, 5.74) is 0. The summed E-state index contributed by atoms with van der Waals surface area (Å²) < 4.78 is 5.12. The zero-order valence-corrected chi connectivity index (χ0v) is 12.4. The van der Waals surface area contributed by atoms with E-state index in [4.69, 9.17) is 4.74 Å². The van der Waals surface area contributed by atoms with Crippen LogP contribution in [0.15, 0.2) is 0 Å². The van der Waals surface area contributed by atoms with Crippen molar-refractivity contribution in [3.05, 3.63) is 0 Å². The van der Waals surface area contributed by atoms with Gasteiger partial charge >= 0.3 is 5.97 Å². The van der Waals surface area contributed by atoms with Gasteiger partial charge in [0.05, 0.1) is 18.3 Å². The van der Waals surface area contributed by atoms with Crippen molar-refractivity contribution < 1.29 is 29.6 Å². The van der Waals surface area contributed by atoms with Crippen molar-refractivity contribution in [2.45, 2.75) is 77.3 Å². The molecule has 0 fully saturated rings. The lowest BCUT2D eigenvalue weighted by Gasteiger charge is -2.23. The molecule has 0 bridgehead atoms. The van der Waals surface area contributed by atoms with Gasteiger partial charge in [-0.15, -0.1) is 0 Å². The minimum absolute atomic E-state index is 0.131. The van der Waals surface area contributed by atoms with Crippen molar-refractivity contribution >= 4 is 11.8 Å². The Morgan fingerprint density at radius 3 is 2.05 bits per heavy atom. The third-order valence-corrected chi connectivity index (χ3v) is 2.85. The Morgan fingerprint density at radius 2 is 1.60 bits per heavy atom. The zero-order valence-electron chi connectivity index (χ0n) is 12.4. The van der Waals surface area contributed by atoms with Crippen LogP contribution in [0.5, 0.6) is 0 Å². The van der Waals surface area contributed by atoms with Crippen molar-refractivity contribution in [2.75, 3.05) is 0 Å². The number of rotatable bonds is 10. The number of Topliss-reactive ketones (excluding diaryl/α,β-unsaturated/α-hetero) is 1. The fourth-order valence-electron chi connectivity index (χ4n) is 1.89. The number of aliphatic hydroxyl groups excluding tert-OH is 3. The van der Waals surface area contributed by atoms with E-state index < -0.39 is 30.4 Å². The molecular formula is C14H26O6. The highest BCUT2D eigenvalue weighted by Crippen LogP contribution is 2.15. The van der Waals surface area contributed by atoms with Gasteiger partial charge in [-0.25, -0.2) is 0 Å². The maximum atomic E-state index is 11.5. The van der Waals surface area contributed by atoms with E-state index in [-0.39, 0.29) is 31.5 Å². The van der Waals surface area contributed by atoms with Crippen LogP contribution in [-0.4, -0.2) is 51.5 Å². The van der Waals surface area contributed by atoms with Crippen molar-refractivity contribution in [1.29, 1.82) is 0 Å². The summed E-state index contributed by atoms with van der Waals surface area (Å²) >= 11 is 0. The molecule has 0 aliphatic carbocycles. The molecule has 0 saturated carbocycles. The predicted molar refractivity (Wildman–Crippen MR) is 73.0 cm³/mol. The first kappa shape index (κ1) is 19.0. The Labute approximate surface area is 119 Å². The molecular weight excluding hydrogens is 264 g/mol. The minimum atomic E-state index is -0.825. The summed E-state index contributed by atoms with van der Waals surface area (Å²) in [6.45, 7) is 4.64. The van der Waals surface area contributed by atoms with Gasteiger partial charge in [-0.1, -0.05) is 6.92 Å². The van der Waals surface area contributed by atoms with Crippen LogP contribution in [0.4, 0.5) is 0 Å². The lowest BCUT2D eigenvalue weighted by Crippen LogP contribution is -2.29. The van der Waals surface area contributed by atoms with E-state index in [0.717, 1.165) is 0 Å². The van der Waals surface area contributed by atoms with Crippen molar-refractivity contribution in [3.63, 3.8) is 0 Å². The Hall–Kier alpha value is -0.980. The quantitative estimate of drug-likeness (QED) is 0.401. The van der Waals surface area contributed by atoms with E-state index in [9.17, 15) is 24.9 Å². The molecule has 0 amide bonds. The molecule has 0 heterocycles. The maximum absolute atomic E-state index is 11.5. The second-order valence-electron chi connectivity index (χ2n) is 5.26. The highest BCUT2D eigenvalue weighted by atomic mass is 16.5. The molecule has 0 radical (unpaired) electrons. The third kappa shape index (κ3) is 9.89. The first-order chi connectivity index (χ1) is 9.24. The normalized spacial score (nSPS) is 17.1. The molecule has 6 nitrogen and oxygen atoms in total. The van der Waals surface area contributed by atoms with Crippen LogP contribution >= 0.6 is 0 Å². The van der Waals surface area contributed by atoms with E-state index in [1.165, 1.54) is 6.92 Å². The first-order valence-corrected chi connectivity index (χ1v) is 6.97. The van der Waals surface area contributed by atoms with Crippen LogP contribution in [0.3, 0.4) is 0 Å². The number of hydrogen-bond donors (Lipinski definition) is 3. The molecule has 6 heteroatoms. The summed E-state index contributed by atoms with van der Waals surface area (Å²) in [6, 6.07) is 0. The van der Waals surface area contributed by atoms with Crippen molar-refractivity contribution in [3.8, 4) is 0 Å². The topological polar surface area (TPSA) is 104 Å². The summed E-state index contributed by atoms with van der Waals surface area (Å²) in [4.78, 5) is 22.3. The smallest absolute Gasteiger partial charge is 0.313 e. The number of ketones is 1. The molecule has 0 saturated heterocycles. The van der Waals surface area contributed by atoms with E-state index in [1.807, 2.05) is 0 Å². The van der Waals surface area contributed by atoms with E-state index in [1.54, 1.807) is 13.8 Å². The van der Waals surface area contributed by atoms with Gasteiger partial charge in [0.1, 0.15) is 18.3 Å². The van der Waals surface area contributed by atoms with E-state index >= 15 is 0 Å². The van der Waals surface area contributed by atoms with Crippen LogP contribution < -0.4 is 0 Å². The standard InChI is InChI=1S/C14H26O6/c1-4-11(17)7-13(8-12(18)5-9(2)15)20-14(19)6-10(3)16/h9,11-13,15,17-18H,4-8H2,1-3H3. The Kier molecular flexibility index (Phi) is 9.37. The average Bonchev–Trinajstić information content (AvgIpc) is 2.25. The fourth-order valence-corrected chi connectivity index (χ4v) is 1.89. The lowest BCUT2D eigenvalue weighted by molar-refractivity contribution is -0.153. The molecule has 0 rings (SSSR count). The summed E-state index contributed by atoms with van der Waals surface area (Å²) in [6.07, 6.45) is -2.08. The third-order valence-electron chi connectivity index (χ3n) is 2.85. The van der Waals surface area contributed by atoms with Gasteiger partial charge < -0.3 is 20.1 Å². The van der Waals surface area contributed by atoms with Gasteiger partial charge in [-0.2, -0.15) is 0 Å². The number of carbonyl (C=O) groups is 2. The number of carbonyl (C=O) groups excluding carboxylic acids is 2. The van der Waals surface area contributed by atoms with Crippen LogP contribution in [0, 0.1) is 0 Å². The van der Waals surface area contributed by atoms with E-state index in [2.05, 4.69) is 0 Å². The Balaban J connectivity index is 4.47. The molecule has 20 heavy (non-hydrogen) atoms. The van der Waals surface area contributed by atoms with Gasteiger partial charge in [-0.05, 0) is 26.7 Å². The highest BCUT2D eigenvalue weighted by molar-refractivity contribution is 5.94. The summed E-state index contributed by atoms with van der Waals surface area (Å²) in [7, 11) is 0. The zero-order chi connectivity index (χ0) is 15.7. The van der Waals surface area contributed by atoms with Crippen LogP contribution in [0.2, 0.25) is 0 Å². The monoisotopic (exact) mass is 290 g/mol. The molecule has 4 unspecified atom stereocenters. The lowest BCUT2D eigenvalue weighted by atomic mass is 10.0. The first-order valence-electron chi connectivity index (χ1n) is 6.97. The largest absolute Gasteiger partial charge is 0.462 e.